The number of anilines is 1. The summed E-state index contributed by atoms with van der Waals surface area (Å²) in [7, 11) is 0. The molecule has 4 aliphatic rings. The van der Waals surface area contributed by atoms with Crippen molar-refractivity contribution in [2.75, 3.05) is 38.0 Å². The van der Waals surface area contributed by atoms with Crippen LogP contribution in [0.1, 0.15) is 51.9 Å². The van der Waals surface area contributed by atoms with E-state index >= 15 is 0 Å². The fourth-order valence-corrected chi connectivity index (χ4v) is 6.31. The van der Waals surface area contributed by atoms with Crippen LogP contribution < -0.4 is 20.1 Å². The van der Waals surface area contributed by atoms with Gasteiger partial charge >= 0.3 is 0 Å². The number of ether oxygens (including phenoxy) is 2. The molecular weight excluding hydrogens is 518 g/mol. The minimum atomic E-state index is -0.0707. The molecule has 2 amide bonds. The lowest BCUT2D eigenvalue weighted by molar-refractivity contribution is -0.116. The first-order chi connectivity index (χ1) is 20.0. The predicted molar refractivity (Wildman–Crippen MR) is 155 cm³/mol. The van der Waals surface area contributed by atoms with Crippen LogP contribution in [0, 0.1) is 6.92 Å². The van der Waals surface area contributed by atoms with E-state index < -0.39 is 0 Å². The first kappa shape index (κ1) is 26.0. The molecule has 1 saturated carbocycles. The summed E-state index contributed by atoms with van der Waals surface area (Å²) in [6.07, 6.45) is 2.58. The van der Waals surface area contributed by atoms with Gasteiger partial charge in [-0.3, -0.25) is 14.5 Å². The third kappa shape index (κ3) is 5.04. The van der Waals surface area contributed by atoms with E-state index in [0.29, 0.717) is 35.7 Å². The molecule has 0 radical (unpaired) electrons. The predicted octanol–water partition coefficient (Wildman–Crippen LogP) is 3.86. The number of fused-ring (bicyclic) bond motifs is 4. The molecule has 1 aromatic heterocycles. The van der Waals surface area contributed by atoms with Gasteiger partial charge in [0, 0.05) is 62.0 Å². The number of pyridine rings is 1. The Labute approximate surface area is 239 Å². The fourth-order valence-electron chi connectivity index (χ4n) is 6.31. The number of rotatable bonds is 7. The van der Waals surface area contributed by atoms with Crippen LogP contribution in [0.15, 0.2) is 48.7 Å². The summed E-state index contributed by atoms with van der Waals surface area (Å²) >= 11 is 0. The van der Waals surface area contributed by atoms with Crippen molar-refractivity contribution < 1.29 is 19.1 Å². The second kappa shape index (κ2) is 10.5. The molecular formula is C32H35N5O4. The van der Waals surface area contributed by atoms with Crippen LogP contribution in [0.4, 0.5) is 5.82 Å². The molecule has 3 aromatic rings. The summed E-state index contributed by atoms with van der Waals surface area (Å²) in [6, 6.07) is 13.6. The van der Waals surface area contributed by atoms with Crippen LogP contribution in [-0.2, 0) is 17.8 Å². The van der Waals surface area contributed by atoms with Crippen LogP contribution in [-0.4, -0.2) is 71.5 Å². The Morgan fingerprint density at radius 3 is 2.73 bits per heavy atom. The number of hydrogen-bond acceptors (Lipinski definition) is 7. The lowest BCUT2D eigenvalue weighted by atomic mass is 10.0. The van der Waals surface area contributed by atoms with Crippen LogP contribution in [0.2, 0.25) is 0 Å². The molecule has 4 heterocycles. The van der Waals surface area contributed by atoms with Crippen molar-refractivity contribution in [3.8, 4) is 17.2 Å². The van der Waals surface area contributed by atoms with E-state index in [4.69, 9.17) is 9.47 Å². The molecule has 9 nitrogen and oxygen atoms in total. The van der Waals surface area contributed by atoms with Crippen molar-refractivity contribution in [1.82, 2.24) is 20.1 Å². The molecule has 2 fully saturated rings. The maximum absolute atomic E-state index is 13.2. The molecule has 3 atom stereocenters. The zero-order valence-corrected chi connectivity index (χ0v) is 23.5. The van der Waals surface area contributed by atoms with E-state index in [9.17, 15) is 9.59 Å². The maximum atomic E-state index is 13.2. The van der Waals surface area contributed by atoms with E-state index in [1.165, 1.54) is 5.56 Å². The van der Waals surface area contributed by atoms with Gasteiger partial charge in [-0.2, -0.15) is 0 Å². The lowest BCUT2D eigenvalue weighted by Crippen LogP contribution is -2.45. The largest absolute Gasteiger partial charge is 0.487 e. The summed E-state index contributed by atoms with van der Waals surface area (Å²) in [6.45, 7) is 10.7. The number of likely N-dealkylation sites (N-methyl/N-ethyl adjacent to an activating group) is 1. The van der Waals surface area contributed by atoms with Crippen LogP contribution in [0.25, 0.3) is 0 Å². The zero-order chi connectivity index (χ0) is 28.1. The number of hydrogen-bond donors (Lipinski definition) is 2. The SMILES string of the molecule is CCN1CCN(Cc2ccc(C(=O)N[C@H]3[C@H]4Oc5ccc(Oc6ccnc7c6CCC(=O)N7)cc5[C@@H]34)cc2C)CC1. The molecule has 9 heteroatoms. The van der Waals surface area contributed by atoms with Gasteiger partial charge in [-0.1, -0.05) is 13.0 Å². The second-order valence-corrected chi connectivity index (χ2v) is 11.4. The van der Waals surface area contributed by atoms with E-state index in [1.807, 2.05) is 36.4 Å². The first-order valence-corrected chi connectivity index (χ1v) is 14.6. The molecule has 0 unspecified atom stereocenters. The molecule has 0 spiro atoms. The Balaban J connectivity index is 0.991. The highest BCUT2D eigenvalue weighted by Gasteiger charge is 2.59. The normalized spacial score (nSPS) is 23.1. The molecule has 2 N–H and O–H groups in total. The van der Waals surface area contributed by atoms with Gasteiger partial charge in [0.05, 0.1) is 12.0 Å². The van der Waals surface area contributed by atoms with Crippen LogP contribution in [0.5, 0.6) is 17.2 Å². The summed E-state index contributed by atoms with van der Waals surface area (Å²) in [5.41, 5.74) is 5.05. The molecule has 212 valence electrons. The number of aryl methyl sites for hydroxylation is 1. The summed E-state index contributed by atoms with van der Waals surface area (Å²) in [5, 5.41) is 6.01. The molecule has 2 aromatic carbocycles. The van der Waals surface area contributed by atoms with E-state index in [1.54, 1.807) is 6.20 Å². The maximum Gasteiger partial charge on any atom is 0.251 e. The molecule has 3 aliphatic heterocycles. The van der Waals surface area contributed by atoms with Crippen LogP contribution in [0.3, 0.4) is 0 Å². The van der Waals surface area contributed by atoms with Gasteiger partial charge in [0.1, 0.15) is 29.2 Å². The Hall–Kier alpha value is -3.95. The second-order valence-electron chi connectivity index (χ2n) is 11.4. The molecule has 41 heavy (non-hydrogen) atoms. The molecule has 1 saturated heterocycles. The Morgan fingerprint density at radius 2 is 1.93 bits per heavy atom. The average molecular weight is 554 g/mol. The zero-order valence-electron chi connectivity index (χ0n) is 23.5. The smallest absolute Gasteiger partial charge is 0.251 e. The van der Waals surface area contributed by atoms with Gasteiger partial charge < -0.3 is 25.0 Å². The quantitative estimate of drug-likeness (QED) is 0.459. The Kier molecular flexibility index (Phi) is 6.63. The number of carbonyl (C=O) groups is 2. The van der Waals surface area contributed by atoms with E-state index in [2.05, 4.69) is 45.3 Å². The van der Waals surface area contributed by atoms with E-state index in [-0.39, 0.29) is 29.9 Å². The van der Waals surface area contributed by atoms with Gasteiger partial charge in [-0.25, -0.2) is 4.98 Å². The standard InChI is InChI=1S/C32H35N5O4/c1-3-36-12-14-37(15-13-36)18-21-5-4-20(16-19(21)2)32(39)35-29-28-24-17-22(6-8-25(24)41-30(28)29)40-26-10-11-33-31-23(26)7-9-27(38)34-31/h4-6,8,10-11,16-17,28-30H,3,7,9,12-15,18H2,1-2H3,(H,35,39)(H,33,34,38)/t28-,29+,30-/m0/s1. The number of carbonyl (C=O) groups excluding carboxylic acids is 2. The first-order valence-electron chi connectivity index (χ1n) is 14.6. The molecule has 7 rings (SSSR count). The minimum absolute atomic E-state index is 0.0307. The summed E-state index contributed by atoms with van der Waals surface area (Å²) in [5.74, 6) is 2.78. The number of benzene rings is 2. The van der Waals surface area contributed by atoms with Gasteiger partial charge in [0.15, 0.2) is 0 Å². The Morgan fingerprint density at radius 1 is 1.10 bits per heavy atom. The topological polar surface area (TPSA) is 96.0 Å². The number of aromatic nitrogens is 1. The highest BCUT2D eigenvalue weighted by Crippen LogP contribution is 2.54. The van der Waals surface area contributed by atoms with E-state index in [0.717, 1.165) is 61.7 Å². The van der Waals surface area contributed by atoms with Gasteiger partial charge in [0.25, 0.3) is 5.91 Å². The third-order valence-electron chi connectivity index (χ3n) is 8.87. The number of amides is 2. The molecule has 1 aliphatic carbocycles. The van der Waals surface area contributed by atoms with Gasteiger partial charge in [0.2, 0.25) is 5.91 Å². The van der Waals surface area contributed by atoms with Crippen molar-refractivity contribution in [3.05, 3.63) is 76.5 Å². The minimum Gasteiger partial charge on any atom is -0.487 e. The van der Waals surface area contributed by atoms with Crippen LogP contribution >= 0.6 is 0 Å². The average Bonchev–Trinajstić information content (AvgIpc) is 3.50. The van der Waals surface area contributed by atoms with Crippen molar-refractivity contribution in [3.63, 3.8) is 0 Å². The number of piperazine rings is 1. The molecule has 0 bridgehead atoms. The Bertz CT molecular complexity index is 1520. The van der Waals surface area contributed by atoms with Crippen molar-refractivity contribution in [2.45, 2.75) is 51.3 Å². The monoisotopic (exact) mass is 553 g/mol. The highest BCUT2D eigenvalue weighted by atomic mass is 16.5. The van der Waals surface area contributed by atoms with Crippen molar-refractivity contribution >= 4 is 17.6 Å². The summed E-state index contributed by atoms with van der Waals surface area (Å²) in [4.78, 5) is 34.2. The van der Waals surface area contributed by atoms with Crippen molar-refractivity contribution in [1.29, 1.82) is 0 Å². The lowest BCUT2D eigenvalue weighted by Gasteiger charge is -2.34. The van der Waals surface area contributed by atoms with Crippen molar-refractivity contribution in [2.24, 2.45) is 0 Å². The number of nitrogens with zero attached hydrogens (tertiary/aromatic N) is 3. The summed E-state index contributed by atoms with van der Waals surface area (Å²) < 4.78 is 12.4. The number of nitrogens with one attached hydrogen (secondary N) is 2. The van der Waals surface area contributed by atoms with Gasteiger partial charge in [-0.05, 0) is 67.4 Å². The fraction of sp³-hybridized carbons (Fsp3) is 0.406. The third-order valence-corrected chi connectivity index (χ3v) is 8.87. The highest BCUT2D eigenvalue weighted by molar-refractivity contribution is 5.95. The van der Waals surface area contributed by atoms with Gasteiger partial charge in [-0.15, -0.1) is 0 Å².